The van der Waals surface area contributed by atoms with Crippen molar-refractivity contribution in [1.29, 1.82) is 5.26 Å². The van der Waals surface area contributed by atoms with Crippen LogP contribution in [-0.2, 0) is 95.3 Å². The molecule has 22 nitrogen and oxygen atoms in total. The Morgan fingerprint density at radius 2 is 0.706 bits per heavy atom. The Labute approximate surface area is 493 Å². The van der Waals surface area contributed by atoms with Crippen LogP contribution in [0.3, 0.4) is 0 Å². The highest BCUT2D eigenvalue weighted by Crippen LogP contribution is 2.32. The maximum atomic E-state index is 12.5. The monoisotopic (exact) mass is 1230 g/mol. The second kappa shape index (κ2) is 53.2. The third kappa shape index (κ3) is 47.5. The molecule has 0 aliphatic heterocycles. The Morgan fingerprint density at radius 1 is 0.424 bits per heavy atom. The molecule has 0 bridgehead atoms. The van der Waals surface area contributed by atoms with E-state index in [4.69, 9.17) is 34.7 Å². The zero-order valence-corrected chi connectivity index (χ0v) is 50.9. The van der Waals surface area contributed by atoms with Crippen molar-refractivity contribution in [1.82, 2.24) is 0 Å². The zero-order valence-electron chi connectivity index (χ0n) is 50.9. The molecule has 0 aliphatic carbocycles. The quantitative estimate of drug-likeness (QED) is 0.0292. The molecule has 0 aromatic carbocycles. The van der Waals surface area contributed by atoms with Gasteiger partial charge >= 0.3 is 72.0 Å². The molecule has 28 heteroatoms. The molecule has 0 fully saturated rings. The van der Waals surface area contributed by atoms with E-state index in [1.54, 1.807) is 48.5 Å². The van der Waals surface area contributed by atoms with Gasteiger partial charge in [0.1, 0.15) is 0 Å². The number of ether oxygens (including phenoxy) is 10. The van der Waals surface area contributed by atoms with Crippen molar-refractivity contribution in [3.63, 3.8) is 0 Å². The summed E-state index contributed by atoms with van der Waals surface area (Å²) in [7, 11) is 0. The van der Waals surface area contributed by atoms with Crippen LogP contribution in [0.15, 0.2) is 58.2 Å². The number of alkyl halides is 6. The van der Waals surface area contributed by atoms with Crippen molar-refractivity contribution in [3.8, 4) is 6.07 Å². The van der Waals surface area contributed by atoms with E-state index in [1.807, 2.05) is 19.9 Å². The van der Waals surface area contributed by atoms with Crippen LogP contribution >= 0.6 is 0 Å². The highest BCUT2D eigenvalue weighted by atomic mass is 19.4. The molecule has 486 valence electrons. The van der Waals surface area contributed by atoms with Gasteiger partial charge in [0.05, 0.1) is 83.6 Å². The second-order valence-electron chi connectivity index (χ2n) is 16.0. The Hall–Kier alpha value is -7.57. The SMILES string of the molecule is CCOC(=O)C=C(C(=O)OCC)C(C)C(F)(F)F.CCOC(=O)C=C(C(=O)OCC)C(CC)CC.CCOC(=O)C=C(CCC#N)C(=O)OCC.CCOC(=O)C=C(CCC(F)(F)F)C(=O)OCC.CCOC(=O)C=C(CCCN)C(=O)OCC. The number of halogens is 6. The minimum absolute atomic E-state index is 0.00579. The van der Waals surface area contributed by atoms with E-state index < -0.39 is 96.4 Å². The first-order chi connectivity index (χ1) is 39.9. The van der Waals surface area contributed by atoms with Crippen LogP contribution in [0, 0.1) is 23.2 Å². The molecule has 0 rings (SSSR count). The molecule has 0 heterocycles. The summed E-state index contributed by atoms with van der Waals surface area (Å²) in [6.45, 7) is 23.1. The summed E-state index contributed by atoms with van der Waals surface area (Å²) in [5, 5.41) is 8.42. The van der Waals surface area contributed by atoms with Crippen molar-refractivity contribution in [2.45, 2.75) is 154 Å². The summed E-state index contributed by atoms with van der Waals surface area (Å²) in [5.41, 5.74) is 5.14. The lowest BCUT2D eigenvalue weighted by atomic mass is 9.93. The van der Waals surface area contributed by atoms with Gasteiger partial charge in [-0.25, -0.2) is 47.9 Å². The van der Waals surface area contributed by atoms with Crippen LogP contribution in [0.25, 0.3) is 0 Å². The van der Waals surface area contributed by atoms with E-state index in [0.717, 1.165) is 31.9 Å². The van der Waals surface area contributed by atoms with Crippen LogP contribution in [-0.4, -0.2) is 145 Å². The van der Waals surface area contributed by atoms with E-state index >= 15 is 0 Å². The fourth-order valence-electron chi connectivity index (χ4n) is 5.77. The summed E-state index contributed by atoms with van der Waals surface area (Å²) < 4.78 is 121. The maximum absolute atomic E-state index is 12.5. The van der Waals surface area contributed by atoms with Gasteiger partial charge in [-0.05, 0) is 127 Å². The van der Waals surface area contributed by atoms with E-state index in [1.165, 1.54) is 32.9 Å². The third-order valence-electron chi connectivity index (χ3n) is 9.71. The van der Waals surface area contributed by atoms with Crippen molar-refractivity contribution in [2.24, 2.45) is 17.6 Å². The van der Waals surface area contributed by atoms with Crippen molar-refractivity contribution < 1.29 is 122 Å². The average Bonchev–Trinajstić information content (AvgIpc) is 3.52. The van der Waals surface area contributed by atoms with Crippen LogP contribution in [0.4, 0.5) is 26.3 Å². The summed E-state index contributed by atoms with van der Waals surface area (Å²) in [4.78, 5) is 113. The van der Waals surface area contributed by atoms with E-state index in [0.29, 0.717) is 49.8 Å². The van der Waals surface area contributed by atoms with Crippen molar-refractivity contribution >= 4 is 59.7 Å². The molecule has 0 amide bonds. The maximum Gasteiger partial charge on any atom is 0.395 e. The molecule has 2 N–H and O–H groups in total. The van der Waals surface area contributed by atoms with Gasteiger partial charge in [0, 0.05) is 65.5 Å². The predicted molar refractivity (Wildman–Crippen MR) is 294 cm³/mol. The summed E-state index contributed by atoms with van der Waals surface area (Å²) in [5.74, 6) is -9.11. The van der Waals surface area contributed by atoms with Gasteiger partial charge in [0.25, 0.3) is 0 Å². The molecule has 0 saturated carbocycles. The van der Waals surface area contributed by atoms with Crippen LogP contribution in [0.2, 0.25) is 0 Å². The minimum Gasteiger partial charge on any atom is -0.463 e. The van der Waals surface area contributed by atoms with Crippen LogP contribution < -0.4 is 5.73 Å². The van der Waals surface area contributed by atoms with Gasteiger partial charge in [-0.15, -0.1) is 0 Å². The number of hydrogen-bond donors (Lipinski definition) is 1. The predicted octanol–water partition coefficient (Wildman–Crippen LogP) is 9.21. The average molecular weight is 1230 g/mol. The molecular formula is C57H86F6N2O20. The number of esters is 10. The van der Waals surface area contributed by atoms with Crippen molar-refractivity contribution in [2.75, 3.05) is 72.6 Å². The third-order valence-corrected chi connectivity index (χ3v) is 9.71. The lowest BCUT2D eigenvalue weighted by Crippen LogP contribution is -2.27. The number of nitrogens with two attached hydrogens (primary N) is 1. The van der Waals surface area contributed by atoms with Gasteiger partial charge < -0.3 is 53.1 Å². The standard InChI is InChI=1S/C13H22O4.2C11H15F3O4.C11H19NO4.C11H15NO4/c1-5-10(6-2)11(13(15)17-8-4)9-12(14)16-7-3;1-4-17-9(15)6-8(10(16)18-5-2)7(3)11(12,13)14;1-3-17-9(15)7-8(10(16)18-4-2)5-6-11(12,13)14;2*1-3-15-10(13)8-9(6-5-7-12)11(14)16-4-2/h9-10H,5-8H2,1-4H3;6-7H,4-5H2,1-3H3;7H,3-6H2,1-2H3;8H,3-7,12H2,1-2H3;8H,3-6H2,1-2H3. The largest absolute Gasteiger partial charge is 0.463 e. The first-order valence-corrected chi connectivity index (χ1v) is 27.4. The van der Waals surface area contributed by atoms with Gasteiger partial charge in [-0.1, -0.05) is 13.8 Å². The van der Waals surface area contributed by atoms with Gasteiger partial charge in [-0.2, -0.15) is 31.6 Å². The molecule has 0 radical (unpaired) electrons. The molecule has 1 unspecified atom stereocenters. The number of hydrogen-bond acceptors (Lipinski definition) is 22. The topological polar surface area (TPSA) is 313 Å². The van der Waals surface area contributed by atoms with E-state index in [-0.39, 0.29) is 82.8 Å². The molecule has 1 atom stereocenters. The molecule has 0 aromatic heterocycles. The molecule has 0 aromatic rings. The Morgan fingerprint density at radius 3 is 0.988 bits per heavy atom. The Kier molecular flexibility index (Phi) is 53.9. The Bertz CT molecular complexity index is 2230. The minimum atomic E-state index is -4.63. The van der Waals surface area contributed by atoms with Crippen LogP contribution in [0.1, 0.15) is 141 Å². The zero-order chi connectivity index (χ0) is 66.6. The van der Waals surface area contributed by atoms with Crippen LogP contribution in [0.5, 0.6) is 0 Å². The molecule has 0 spiro atoms. The lowest BCUT2D eigenvalue weighted by Gasteiger charge is -2.17. The highest BCUT2D eigenvalue weighted by molar-refractivity contribution is 5.99. The van der Waals surface area contributed by atoms with Gasteiger partial charge in [0.15, 0.2) is 0 Å². The summed E-state index contributed by atoms with van der Waals surface area (Å²) >= 11 is 0. The van der Waals surface area contributed by atoms with Gasteiger partial charge in [-0.3, -0.25) is 0 Å². The normalized spacial score (nSPS) is 11.9. The van der Waals surface area contributed by atoms with E-state index in [9.17, 15) is 74.3 Å². The molecule has 0 aliphatic rings. The first-order valence-electron chi connectivity index (χ1n) is 27.4. The summed E-state index contributed by atoms with van der Waals surface area (Å²) in [6, 6.07) is 1.90. The smallest absolute Gasteiger partial charge is 0.395 e. The first kappa shape index (κ1) is 86.2. The summed E-state index contributed by atoms with van der Waals surface area (Å²) in [6.07, 6.45) is -3.07. The lowest BCUT2D eigenvalue weighted by molar-refractivity contribution is -0.167. The number of carbonyl (C=O) groups excluding carboxylic acids is 10. The highest BCUT2D eigenvalue weighted by Gasteiger charge is 2.42. The van der Waals surface area contributed by atoms with Crippen molar-refractivity contribution in [3.05, 3.63) is 58.2 Å². The molecule has 85 heavy (non-hydrogen) atoms. The molecule has 0 saturated heterocycles. The number of carbonyl (C=O) groups is 10. The fourth-order valence-corrected chi connectivity index (χ4v) is 5.77. The molecular weight excluding hydrogens is 1150 g/mol. The van der Waals surface area contributed by atoms with Gasteiger partial charge in [0.2, 0.25) is 0 Å². The number of nitrogens with zero attached hydrogens (tertiary/aromatic N) is 1. The van der Waals surface area contributed by atoms with E-state index in [2.05, 4.69) is 23.7 Å². The fraction of sp³-hybridized carbons (Fsp3) is 0.632. The number of rotatable bonds is 31. The Balaban J connectivity index is -0.000000314. The number of nitriles is 1. The second-order valence-corrected chi connectivity index (χ2v) is 16.0.